The van der Waals surface area contributed by atoms with Crippen molar-refractivity contribution in [2.24, 2.45) is 0 Å². The van der Waals surface area contributed by atoms with E-state index in [0.29, 0.717) is 21.8 Å². The fourth-order valence-corrected chi connectivity index (χ4v) is 2.18. The molecule has 0 aliphatic rings. The van der Waals surface area contributed by atoms with Crippen molar-refractivity contribution < 1.29 is 18.1 Å². The van der Waals surface area contributed by atoms with Crippen LogP contribution >= 0.6 is 0 Å². The van der Waals surface area contributed by atoms with Gasteiger partial charge in [-0.3, -0.25) is 10.1 Å². The Labute approximate surface area is 110 Å². The molecule has 0 aliphatic carbocycles. The van der Waals surface area contributed by atoms with E-state index in [2.05, 4.69) is 4.98 Å². The zero-order valence-electron chi connectivity index (χ0n) is 9.86. The number of rotatable bonds is 1. The van der Waals surface area contributed by atoms with Gasteiger partial charge in [-0.05, 0) is 18.2 Å². The van der Waals surface area contributed by atoms with E-state index in [1.54, 1.807) is 0 Å². The van der Waals surface area contributed by atoms with Crippen LogP contribution in [0.5, 0.6) is 0 Å². The number of benzene rings is 2. The topological polar surface area (TPSA) is 58.9 Å². The summed E-state index contributed by atoms with van der Waals surface area (Å²) in [4.78, 5) is 13.0. The van der Waals surface area contributed by atoms with Crippen molar-refractivity contribution >= 4 is 27.5 Å². The number of hydrogen-bond donors (Lipinski definition) is 1. The van der Waals surface area contributed by atoms with E-state index >= 15 is 0 Å². The number of aromatic amines is 1. The monoisotopic (exact) mass is 280 g/mol. The Morgan fingerprint density at radius 3 is 2.40 bits per heavy atom. The summed E-state index contributed by atoms with van der Waals surface area (Å²) in [5.74, 6) is 0. The molecule has 0 saturated carbocycles. The zero-order valence-corrected chi connectivity index (χ0v) is 9.86. The maximum atomic E-state index is 12.6. The Bertz CT molecular complexity index is 837. The lowest BCUT2D eigenvalue weighted by Gasteiger charge is -2.05. The highest BCUT2D eigenvalue weighted by molar-refractivity contribution is 6.08. The molecule has 1 N–H and O–H groups in total. The molecule has 7 heteroatoms. The van der Waals surface area contributed by atoms with Gasteiger partial charge in [0.1, 0.15) is 0 Å². The Kier molecular flexibility index (Phi) is 2.47. The number of nitrogens with zero attached hydrogens (tertiary/aromatic N) is 1. The molecule has 0 spiro atoms. The molecule has 0 unspecified atom stereocenters. The maximum Gasteiger partial charge on any atom is 0.416 e. The van der Waals surface area contributed by atoms with E-state index < -0.39 is 16.7 Å². The van der Waals surface area contributed by atoms with Crippen LogP contribution in [0.4, 0.5) is 18.9 Å². The predicted octanol–water partition coefficient (Wildman–Crippen LogP) is 4.25. The third-order valence-electron chi connectivity index (χ3n) is 3.12. The van der Waals surface area contributed by atoms with E-state index in [4.69, 9.17) is 0 Å². The van der Waals surface area contributed by atoms with E-state index in [-0.39, 0.29) is 5.69 Å². The molecule has 1 aromatic heterocycles. The lowest BCUT2D eigenvalue weighted by molar-refractivity contribution is -0.384. The lowest BCUT2D eigenvalue weighted by atomic mass is 10.1. The number of halogens is 3. The summed E-state index contributed by atoms with van der Waals surface area (Å²) in [5, 5.41) is 11.8. The second-order valence-corrected chi connectivity index (χ2v) is 4.37. The Morgan fingerprint density at radius 2 is 1.75 bits per heavy atom. The normalized spacial score (nSPS) is 12.2. The number of nitro benzene ring substituents is 1. The first-order chi connectivity index (χ1) is 9.36. The molecule has 4 nitrogen and oxygen atoms in total. The van der Waals surface area contributed by atoms with Crippen LogP contribution < -0.4 is 0 Å². The number of non-ortho nitro benzene ring substituents is 1. The van der Waals surface area contributed by atoms with Crippen molar-refractivity contribution in [2.45, 2.75) is 6.18 Å². The van der Waals surface area contributed by atoms with Crippen molar-refractivity contribution in [2.75, 3.05) is 0 Å². The highest BCUT2D eigenvalue weighted by Crippen LogP contribution is 2.34. The molecular weight excluding hydrogens is 273 g/mol. The number of H-pyrrole nitrogens is 1. The molecule has 0 bridgehead atoms. The Morgan fingerprint density at radius 1 is 1.00 bits per heavy atom. The minimum atomic E-state index is -4.42. The van der Waals surface area contributed by atoms with Gasteiger partial charge in [0.25, 0.3) is 5.69 Å². The molecule has 2 aromatic carbocycles. The number of nitrogens with one attached hydrogen (secondary N) is 1. The minimum Gasteiger partial charge on any atom is -0.354 e. The summed E-state index contributed by atoms with van der Waals surface area (Å²) in [6.07, 6.45) is -4.42. The van der Waals surface area contributed by atoms with E-state index in [1.165, 1.54) is 24.3 Å². The standard InChI is InChI=1S/C13H7F3N2O2/c14-13(15,16)7-1-3-9-10-6-8(18(19)20)2-4-11(10)17-12(9)5-7/h1-6,17H. The van der Waals surface area contributed by atoms with Crippen LogP contribution in [0, 0.1) is 10.1 Å². The quantitative estimate of drug-likeness (QED) is 0.535. The van der Waals surface area contributed by atoms with E-state index in [0.717, 1.165) is 12.1 Å². The van der Waals surface area contributed by atoms with Crippen molar-refractivity contribution in [1.82, 2.24) is 4.98 Å². The third-order valence-corrected chi connectivity index (χ3v) is 3.12. The molecule has 102 valence electrons. The van der Waals surface area contributed by atoms with Crippen molar-refractivity contribution in [3.05, 3.63) is 52.1 Å². The number of alkyl halides is 3. The van der Waals surface area contributed by atoms with Crippen LogP contribution in [-0.2, 0) is 6.18 Å². The molecule has 0 radical (unpaired) electrons. The molecule has 0 fully saturated rings. The van der Waals surface area contributed by atoms with Crippen molar-refractivity contribution in [1.29, 1.82) is 0 Å². The van der Waals surface area contributed by atoms with Crippen LogP contribution in [0.3, 0.4) is 0 Å². The highest BCUT2D eigenvalue weighted by atomic mass is 19.4. The smallest absolute Gasteiger partial charge is 0.354 e. The number of hydrogen-bond acceptors (Lipinski definition) is 2. The van der Waals surface area contributed by atoms with Gasteiger partial charge in [0.2, 0.25) is 0 Å². The number of nitro groups is 1. The SMILES string of the molecule is O=[N+]([O-])c1ccc2[nH]c3cc(C(F)(F)F)ccc3c2c1. The van der Waals surface area contributed by atoms with Crippen LogP contribution in [0.25, 0.3) is 21.8 Å². The summed E-state index contributed by atoms with van der Waals surface area (Å²) < 4.78 is 37.9. The molecule has 0 atom stereocenters. The summed E-state index contributed by atoms with van der Waals surface area (Å²) in [6.45, 7) is 0. The lowest BCUT2D eigenvalue weighted by Crippen LogP contribution is -2.03. The van der Waals surface area contributed by atoms with Crippen LogP contribution in [0.15, 0.2) is 36.4 Å². The van der Waals surface area contributed by atoms with Crippen LogP contribution in [0.1, 0.15) is 5.56 Å². The summed E-state index contributed by atoms with van der Waals surface area (Å²) in [7, 11) is 0. The molecule has 0 aliphatic heterocycles. The maximum absolute atomic E-state index is 12.6. The Balaban J connectivity index is 2.29. The van der Waals surface area contributed by atoms with Gasteiger partial charge in [0.05, 0.1) is 10.5 Å². The van der Waals surface area contributed by atoms with Gasteiger partial charge in [-0.25, -0.2) is 0 Å². The van der Waals surface area contributed by atoms with Gasteiger partial charge in [0, 0.05) is 33.9 Å². The molecule has 0 amide bonds. The summed E-state index contributed by atoms with van der Waals surface area (Å²) in [5.41, 5.74) is 0.00426. The molecule has 1 heterocycles. The summed E-state index contributed by atoms with van der Waals surface area (Å²) >= 11 is 0. The van der Waals surface area contributed by atoms with E-state index in [9.17, 15) is 23.3 Å². The van der Waals surface area contributed by atoms with Crippen molar-refractivity contribution in [3.8, 4) is 0 Å². The van der Waals surface area contributed by atoms with Gasteiger partial charge in [0.15, 0.2) is 0 Å². The average Bonchev–Trinajstić information content (AvgIpc) is 2.74. The summed E-state index contributed by atoms with van der Waals surface area (Å²) in [6, 6.07) is 7.43. The fraction of sp³-hybridized carbons (Fsp3) is 0.0769. The van der Waals surface area contributed by atoms with Gasteiger partial charge < -0.3 is 4.98 Å². The second kappa shape index (κ2) is 3.96. The fourth-order valence-electron chi connectivity index (χ4n) is 2.18. The second-order valence-electron chi connectivity index (χ2n) is 4.37. The molecule has 20 heavy (non-hydrogen) atoms. The van der Waals surface area contributed by atoms with Crippen molar-refractivity contribution in [3.63, 3.8) is 0 Å². The van der Waals surface area contributed by atoms with Gasteiger partial charge in [-0.2, -0.15) is 13.2 Å². The highest BCUT2D eigenvalue weighted by Gasteiger charge is 2.30. The first-order valence-electron chi connectivity index (χ1n) is 5.63. The van der Waals surface area contributed by atoms with Gasteiger partial charge in [-0.15, -0.1) is 0 Å². The zero-order chi connectivity index (χ0) is 14.5. The first-order valence-corrected chi connectivity index (χ1v) is 5.63. The van der Waals surface area contributed by atoms with Crippen LogP contribution in [0.2, 0.25) is 0 Å². The van der Waals surface area contributed by atoms with Gasteiger partial charge >= 0.3 is 6.18 Å². The Hall–Kier alpha value is -2.57. The molecule has 3 aromatic rings. The minimum absolute atomic E-state index is 0.0988. The number of aromatic nitrogens is 1. The largest absolute Gasteiger partial charge is 0.416 e. The predicted molar refractivity (Wildman–Crippen MR) is 67.5 cm³/mol. The molecular formula is C13H7F3N2O2. The first kappa shape index (κ1) is 12.5. The van der Waals surface area contributed by atoms with Gasteiger partial charge in [-0.1, -0.05) is 6.07 Å². The van der Waals surface area contributed by atoms with E-state index in [1.807, 2.05) is 0 Å². The van der Waals surface area contributed by atoms with Crippen LogP contribution in [-0.4, -0.2) is 9.91 Å². The molecule has 0 saturated heterocycles. The third kappa shape index (κ3) is 1.87. The number of fused-ring (bicyclic) bond motifs is 3. The average molecular weight is 280 g/mol. The molecule has 3 rings (SSSR count).